The third-order valence-corrected chi connectivity index (χ3v) is 3.79. The first kappa shape index (κ1) is 16.3. The molecule has 0 aromatic carbocycles. The molecule has 0 saturated carbocycles. The predicted molar refractivity (Wildman–Crippen MR) is 94.0 cm³/mol. The number of pyridine rings is 1. The van der Waals surface area contributed by atoms with Gasteiger partial charge in [0, 0.05) is 30.5 Å². The summed E-state index contributed by atoms with van der Waals surface area (Å²) in [6, 6.07) is 3.76. The van der Waals surface area contributed by atoms with Crippen molar-refractivity contribution < 1.29 is 5.11 Å². The van der Waals surface area contributed by atoms with E-state index in [2.05, 4.69) is 26.9 Å². The largest absolute Gasteiger partial charge is 0.384 e. The summed E-state index contributed by atoms with van der Waals surface area (Å²) in [7, 11) is 0. The molecule has 0 aliphatic carbocycles. The van der Waals surface area contributed by atoms with E-state index in [4.69, 9.17) is 0 Å². The number of allylic oxidation sites excluding steroid dienone is 1. The molecule has 6 nitrogen and oxygen atoms in total. The highest BCUT2D eigenvalue weighted by atomic mass is 16.3. The Labute approximate surface area is 141 Å². The Hall–Kier alpha value is -2.60. The van der Waals surface area contributed by atoms with E-state index in [9.17, 15) is 5.11 Å². The fraction of sp³-hybridized carbons (Fsp3) is 0.333. The molecule has 0 saturated heterocycles. The van der Waals surface area contributed by atoms with Crippen LogP contribution in [0.3, 0.4) is 0 Å². The predicted octanol–water partition coefficient (Wildman–Crippen LogP) is 3.19. The first-order valence-electron chi connectivity index (χ1n) is 7.92. The highest BCUT2D eigenvalue weighted by Gasteiger charge is 2.22. The number of anilines is 2. The van der Waals surface area contributed by atoms with Crippen molar-refractivity contribution in [3.8, 4) is 0 Å². The van der Waals surface area contributed by atoms with Crippen LogP contribution in [-0.4, -0.2) is 26.3 Å². The molecule has 0 amide bonds. The van der Waals surface area contributed by atoms with E-state index in [0.717, 1.165) is 17.8 Å². The van der Waals surface area contributed by atoms with Crippen molar-refractivity contribution in [1.29, 1.82) is 0 Å². The van der Waals surface area contributed by atoms with E-state index >= 15 is 0 Å². The number of aromatic nitrogens is 3. The first-order chi connectivity index (χ1) is 11.4. The van der Waals surface area contributed by atoms with Crippen molar-refractivity contribution in [1.82, 2.24) is 15.0 Å². The summed E-state index contributed by atoms with van der Waals surface area (Å²) in [5.41, 5.74) is 1.54. The van der Waals surface area contributed by atoms with Gasteiger partial charge in [0.15, 0.2) is 5.82 Å². The van der Waals surface area contributed by atoms with E-state index < -0.39 is 5.60 Å². The number of rotatable bonds is 4. The van der Waals surface area contributed by atoms with Crippen LogP contribution in [0.25, 0.3) is 0 Å². The van der Waals surface area contributed by atoms with Crippen LogP contribution >= 0.6 is 0 Å². The number of hydrogen-bond donors (Lipinski definition) is 1. The minimum Gasteiger partial charge on any atom is -0.384 e. The molecule has 6 heteroatoms. The van der Waals surface area contributed by atoms with Crippen LogP contribution < -0.4 is 4.90 Å². The summed E-state index contributed by atoms with van der Waals surface area (Å²) in [5.74, 6) is 1.07. The molecular weight excluding hydrogens is 302 g/mol. The smallest absolute Gasteiger partial charge is 0.155 e. The summed E-state index contributed by atoms with van der Waals surface area (Å²) in [6.07, 6.45) is 11.4. The molecule has 24 heavy (non-hydrogen) atoms. The number of nitrogens with zero attached hydrogens (tertiary/aromatic N) is 5. The summed E-state index contributed by atoms with van der Waals surface area (Å²) < 4.78 is 0. The maximum Gasteiger partial charge on any atom is 0.155 e. The van der Waals surface area contributed by atoms with Gasteiger partial charge in [0.05, 0.1) is 23.8 Å². The topological polar surface area (TPSA) is 74.5 Å². The zero-order valence-corrected chi connectivity index (χ0v) is 14.1. The second-order valence-corrected chi connectivity index (χ2v) is 6.46. The van der Waals surface area contributed by atoms with Gasteiger partial charge >= 0.3 is 0 Å². The average Bonchev–Trinajstić information content (AvgIpc) is 2.56. The minimum absolute atomic E-state index is 0.354. The fourth-order valence-corrected chi connectivity index (χ4v) is 2.59. The van der Waals surface area contributed by atoms with E-state index in [-0.39, 0.29) is 0 Å². The van der Waals surface area contributed by atoms with Crippen molar-refractivity contribution in [2.45, 2.75) is 32.8 Å². The molecule has 3 rings (SSSR count). The second kappa shape index (κ2) is 6.49. The van der Waals surface area contributed by atoms with Gasteiger partial charge in [0.2, 0.25) is 0 Å². The summed E-state index contributed by atoms with van der Waals surface area (Å²) in [6.45, 7) is 5.56. The van der Waals surface area contributed by atoms with Gasteiger partial charge in [-0.1, -0.05) is 6.92 Å². The zero-order chi connectivity index (χ0) is 17.2. The van der Waals surface area contributed by atoms with Gasteiger partial charge in [-0.15, -0.1) is 0 Å². The molecule has 2 aromatic heterocycles. The van der Waals surface area contributed by atoms with Gasteiger partial charge in [-0.25, -0.2) is 4.98 Å². The van der Waals surface area contributed by atoms with Gasteiger partial charge < -0.3 is 5.11 Å². The number of aliphatic imine (C=N–C) groups is 1. The van der Waals surface area contributed by atoms with Gasteiger partial charge in [-0.3, -0.25) is 19.9 Å². The number of hydrogen-bond acceptors (Lipinski definition) is 6. The maximum absolute atomic E-state index is 10.1. The van der Waals surface area contributed by atoms with E-state index in [1.165, 1.54) is 0 Å². The molecule has 1 unspecified atom stereocenters. The van der Waals surface area contributed by atoms with Crippen LogP contribution in [0.4, 0.5) is 11.5 Å². The standard InChI is InChI=1S/C18H21N5O/c1-13-8-15(10-20-9-13)23(17-12-19-6-7-21-17)14-4-5-16(22-11-14)18(2,3)24/h4-7,9-13,24H,8H2,1-3H3. The summed E-state index contributed by atoms with van der Waals surface area (Å²) in [4.78, 5) is 19.3. The van der Waals surface area contributed by atoms with Gasteiger partial charge in [0.25, 0.3) is 0 Å². The minimum atomic E-state index is -0.973. The van der Waals surface area contributed by atoms with Crippen molar-refractivity contribution in [2.24, 2.45) is 10.9 Å². The first-order valence-corrected chi connectivity index (χ1v) is 7.92. The molecule has 0 fully saturated rings. The highest BCUT2D eigenvalue weighted by Crippen LogP contribution is 2.32. The van der Waals surface area contributed by atoms with Crippen LogP contribution in [-0.2, 0) is 5.60 Å². The van der Waals surface area contributed by atoms with E-state index in [1.807, 2.05) is 29.4 Å². The zero-order valence-electron chi connectivity index (χ0n) is 14.1. The molecule has 124 valence electrons. The van der Waals surface area contributed by atoms with Crippen LogP contribution in [0.2, 0.25) is 0 Å². The Morgan fingerprint density at radius 2 is 2.00 bits per heavy atom. The fourth-order valence-electron chi connectivity index (χ4n) is 2.59. The third-order valence-electron chi connectivity index (χ3n) is 3.79. The molecule has 1 aliphatic rings. The van der Waals surface area contributed by atoms with Crippen molar-refractivity contribution in [3.05, 3.63) is 54.5 Å². The second-order valence-electron chi connectivity index (χ2n) is 6.46. The molecule has 3 heterocycles. The normalized spacial score (nSPS) is 17.5. The molecular formula is C18H21N5O. The van der Waals surface area contributed by atoms with Crippen molar-refractivity contribution in [2.75, 3.05) is 4.90 Å². The Bertz CT molecular complexity index is 747. The lowest BCUT2D eigenvalue weighted by atomic mass is 10.0. The average molecular weight is 323 g/mol. The summed E-state index contributed by atoms with van der Waals surface area (Å²) in [5, 5.41) is 10.1. The van der Waals surface area contributed by atoms with Crippen LogP contribution in [0.5, 0.6) is 0 Å². The molecule has 0 bridgehead atoms. The Balaban J connectivity index is 2.02. The van der Waals surface area contributed by atoms with Crippen LogP contribution in [0.1, 0.15) is 32.9 Å². The molecule has 0 radical (unpaired) electrons. The lowest BCUT2D eigenvalue weighted by Gasteiger charge is -2.28. The molecule has 1 aliphatic heterocycles. The molecule has 1 N–H and O–H groups in total. The van der Waals surface area contributed by atoms with Gasteiger partial charge in [-0.2, -0.15) is 0 Å². The van der Waals surface area contributed by atoms with Gasteiger partial charge in [0.1, 0.15) is 5.60 Å². The maximum atomic E-state index is 10.1. The van der Waals surface area contributed by atoms with Crippen molar-refractivity contribution in [3.63, 3.8) is 0 Å². The Kier molecular flexibility index (Phi) is 4.40. The quantitative estimate of drug-likeness (QED) is 0.935. The monoisotopic (exact) mass is 323 g/mol. The third kappa shape index (κ3) is 3.49. The highest BCUT2D eigenvalue weighted by molar-refractivity contribution is 5.69. The van der Waals surface area contributed by atoms with E-state index in [1.54, 1.807) is 38.6 Å². The Morgan fingerprint density at radius 3 is 2.58 bits per heavy atom. The lowest BCUT2D eigenvalue weighted by Crippen LogP contribution is -2.22. The van der Waals surface area contributed by atoms with Gasteiger partial charge in [-0.05, 0) is 38.3 Å². The molecule has 2 aromatic rings. The molecule has 0 spiro atoms. The van der Waals surface area contributed by atoms with Crippen molar-refractivity contribution >= 4 is 17.7 Å². The van der Waals surface area contributed by atoms with E-state index in [0.29, 0.717) is 17.4 Å². The van der Waals surface area contributed by atoms with Crippen LogP contribution in [0.15, 0.2) is 53.8 Å². The van der Waals surface area contributed by atoms with Crippen LogP contribution in [0, 0.1) is 5.92 Å². The Morgan fingerprint density at radius 1 is 1.17 bits per heavy atom. The summed E-state index contributed by atoms with van der Waals surface area (Å²) >= 11 is 0. The lowest BCUT2D eigenvalue weighted by molar-refractivity contribution is 0.0739. The number of aliphatic hydroxyl groups is 1. The molecule has 1 atom stereocenters. The SMILES string of the molecule is CC1C=NC=C(N(c2ccc(C(C)(C)O)nc2)c2cnccn2)C1.